The molecule has 0 spiro atoms. The van der Waals surface area contributed by atoms with Gasteiger partial charge in [-0.25, -0.2) is 8.78 Å². The second-order valence-corrected chi connectivity index (χ2v) is 6.79. The molecule has 0 bridgehead atoms. The van der Waals surface area contributed by atoms with Gasteiger partial charge in [-0.2, -0.15) is 0 Å². The van der Waals surface area contributed by atoms with Crippen molar-refractivity contribution in [3.8, 4) is 0 Å². The second-order valence-electron chi connectivity index (χ2n) is 6.79. The Bertz CT molecular complexity index is 923. The van der Waals surface area contributed by atoms with Crippen LogP contribution < -0.4 is 15.6 Å². The number of alkyl halides is 1. The molecular formula is C20H26F2N4O2. The molecule has 1 fully saturated rings. The highest BCUT2D eigenvalue weighted by molar-refractivity contribution is 5.97. The molecule has 6 nitrogen and oxygen atoms in total. The molecule has 8 heteroatoms. The van der Waals surface area contributed by atoms with Crippen LogP contribution in [0.25, 0.3) is 10.9 Å². The van der Waals surface area contributed by atoms with Crippen LogP contribution in [0.3, 0.4) is 0 Å². The van der Waals surface area contributed by atoms with Crippen molar-refractivity contribution in [2.75, 3.05) is 50.8 Å². The van der Waals surface area contributed by atoms with Gasteiger partial charge in [0.05, 0.1) is 11.2 Å². The predicted molar refractivity (Wildman–Crippen MR) is 106 cm³/mol. The zero-order chi connectivity index (χ0) is 20.3. The van der Waals surface area contributed by atoms with Crippen molar-refractivity contribution >= 4 is 22.5 Å². The summed E-state index contributed by atoms with van der Waals surface area (Å²) in [5, 5.41) is 3.40. The molecule has 0 unspecified atom stereocenters. The fourth-order valence-electron chi connectivity index (χ4n) is 3.64. The molecule has 1 aliphatic rings. The molecule has 0 aliphatic carbocycles. The van der Waals surface area contributed by atoms with Crippen LogP contribution in [0.5, 0.6) is 0 Å². The summed E-state index contributed by atoms with van der Waals surface area (Å²) in [6, 6.07) is 2.91. The van der Waals surface area contributed by atoms with E-state index in [1.807, 2.05) is 11.8 Å². The molecule has 1 aliphatic heterocycles. The predicted octanol–water partition coefficient (Wildman–Crippen LogP) is 2.00. The van der Waals surface area contributed by atoms with E-state index >= 15 is 0 Å². The number of aryl methyl sites for hydroxylation is 1. The number of halogens is 2. The van der Waals surface area contributed by atoms with Gasteiger partial charge in [0.1, 0.15) is 18.1 Å². The Hall–Kier alpha value is -2.48. The zero-order valence-electron chi connectivity index (χ0n) is 16.3. The number of piperazine rings is 1. The number of rotatable bonds is 6. The number of hydrogen-bond acceptors (Lipinski definition) is 4. The third-order valence-corrected chi connectivity index (χ3v) is 5.20. The Kier molecular flexibility index (Phi) is 6.28. The van der Waals surface area contributed by atoms with Gasteiger partial charge >= 0.3 is 0 Å². The monoisotopic (exact) mass is 392 g/mol. The van der Waals surface area contributed by atoms with Gasteiger partial charge in [0.2, 0.25) is 5.43 Å². The maximum absolute atomic E-state index is 14.8. The highest BCUT2D eigenvalue weighted by Crippen LogP contribution is 2.26. The molecule has 1 saturated heterocycles. The minimum absolute atomic E-state index is 0.0565. The van der Waals surface area contributed by atoms with Crippen LogP contribution in [0.15, 0.2) is 23.1 Å². The molecule has 1 aromatic carbocycles. The number of benzene rings is 1. The lowest BCUT2D eigenvalue weighted by Gasteiger charge is -2.30. The van der Waals surface area contributed by atoms with Crippen molar-refractivity contribution in [2.45, 2.75) is 20.4 Å². The molecule has 0 radical (unpaired) electrons. The third-order valence-electron chi connectivity index (χ3n) is 5.20. The molecule has 0 atom stereocenters. The molecular weight excluding hydrogens is 366 g/mol. The van der Waals surface area contributed by atoms with Crippen molar-refractivity contribution in [1.29, 1.82) is 0 Å². The van der Waals surface area contributed by atoms with Crippen molar-refractivity contribution in [3.05, 3.63) is 39.9 Å². The Morgan fingerprint density at radius 2 is 1.96 bits per heavy atom. The van der Waals surface area contributed by atoms with Crippen molar-refractivity contribution in [3.63, 3.8) is 0 Å². The van der Waals surface area contributed by atoms with Crippen LogP contribution in [-0.2, 0) is 6.54 Å². The molecule has 3 rings (SSSR count). The maximum Gasteiger partial charge on any atom is 0.259 e. The molecule has 28 heavy (non-hydrogen) atoms. The zero-order valence-corrected chi connectivity index (χ0v) is 16.3. The van der Waals surface area contributed by atoms with E-state index in [0.717, 1.165) is 13.1 Å². The molecule has 152 valence electrons. The van der Waals surface area contributed by atoms with E-state index in [0.29, 0.717) is 37.4 Å². The quantitative estimate of drug-likeness (QED) is 0.817. The minimum atomic E-state index is -0.683. The Morgan fingerprint density at radius 3 is 2.57 bits per heavy atom. The normalized spacial score (nSPS) is 14.5. The van der Waals surface area contributed by atoms with E-state index in [4.69, 9.17) is 0 Å². The standard InChI is InChI=1S/C20H26F2N4O2/c1-3-24(8-5-21)20(28)15-13-25(4-2)17-12-18(26-9-6-23-7-10-26)16(22)11-14(17)19(15)27/h11-13,23H,3-10H2,1-2H3. The number of aromatic nitrogens is 1. The van der Waals surface area contributed by atoms with Gasteiger partial charge in [0, 0.05) is 57.4 Å². The lowest BCUT2D eigenvalue weighted by atomic mass is 10.1. The summed E-state index contributed by atoms with van der Waals surface area (Å²) in [6.07, 6.45) is 1.51. The van der Waals surface area contributed by atoms with E-state index in [-0.39, 0.29) is 17.5 Å². The number of fused-ring (bicyclic) bond motifs is 1. The minimum Gasteiger partial charge on any atom is -0.367 e. The number of anilines is 1. The van der Waals surface area contributed by atoms with E-state index < -0.39 is 23.8 Å². The number of nitrogens with zero attached hydrogens (tertiary/aromatic N) is 3. The molecule has 1 amide bonds. The Morgan fingerprint density at radius 1 is 1.25 bits per heavy atom. The first kappa shape index (κ1) is 20.3. The summed E-state index contributed by atoms with van der Waals surface area (Å²) >= 11 is 0. The third kappa shape index (κ3) is 3.73. The summed E-state index contributed by atoms with van der Waals surface area (Å²) in [5.41, 5.74) is 0.474. The topological polar surface area (TPSA) is 57.6 Å². The van der Waals surface area contributed by atoms with Crippen LogP contribution in [0.4, 0.5) is 14.5 Å². The first-order chi connectivity index (χ1) is 13.5. The van der Waals surface area contributed by atoms with Gasteiger partial charge in [-0.3, -0.25) is 9.59 Å². The van der Waals surface area contributed by atoms with Crippen LogP contribution in [0.2, 0.25) is 0 Å². The maximum atomic E-state index is 14.8. The van der Waals surface area contributed by atoms with Crippen molar-refractivity contribution < 1.29 is 13.6 Å². The summed E-state index contributed by atoms with van der Waals surface area (Å²) < 4.78 is 29.4. The van der Waals surface area contributed by atoms with Gasteiger partial charge in [-0.05, 0) is 26.0 Å². The van der Waals surface area contributed by atoms with Gasteiger partial charge in [0.15, 0.2) is 0 Å². The highest BCUT2D eigenvalue weighted by Gasteiger charge is 2.22. The van der Waals surface area contributed by atoms with Gasteiger partial charge < -0.3 is 19.7 Å². The van der Waals surface area contributed by atoms with Crippen molar-refractivity contribution in [2.24, 2.45) is 0 Å². The summed E-state index contributed by atoms with van der Waals surface area (Å²) in [5.74, 6) is -1.00. The van der Waals surface area contributed by atoms with Gasteiger partial charge in [-0.1, -0.05) is 0 Å². The summed E-state index contributed by atoms with van der Waals surface area (Å²) in [4.78, 5) is 28.9. The molecule has 1 aromatic heterocycles. The average molecular weight is 392 g/mol. The fraction of sp³-hybridized carbons (Fsp3) is 0.500. The van der Waals surface area contributed by atoms with Crippen LogP contribution in [0, 0.1) is 5.82 Å². The molecule has 1 N–H and O–H groups in total. The number of hydrogen-bond donors (Lipinski definition) is 1. The average Bonchev–Trinajstić information content (AvgIpc) is 2.72. The fourth-order valence-corrected chi connectivity index (χ4v) is 3.64. The van der Waals surface area contributed by atoms with Crippen LogP contribution in [0.1, 0.15) is 24.2 Å². The van der Waals surface area contributed by atoms with Crippen molar-refractivity contribution in [1.82, 2.24) is 14.8 Å². The number of carbonyl (C=O) groups excluding carboxylic acids is 1. The Labute approximate surface area is 162 Å². The molecule has 2 heterocycles. The first-order valence-corrected chi connectivity index (χ1v) is 9.69. The smallest absolute Gasteiger partial charge is 0.259 e. The van der Waals surface area contributed by atoms with Crippen LogP contribution >= 0.6 is 0 Å². The largest absolute Gasteiger partial charge is 0.367 e. The van der Waals surface area contributed by atoms with E-state index in [1.165, 1.54) is 17.2 Å². The number of nitrogens with one attached hydrogen (secondary N) is 1. The summed E-state index contributed by atoms with van der Waals surface area (Å²) in [6.45, 7) is 6.58. The molecule has 2 aromatic rings. The number of carbonyl (C=O) groups is 1. The highest BCUT2D eigenvalue weighted by atomic mass is 19.1. The lowest BCUT2D eigenvalue weighted by Crippen LogP contribution is -2.44. The summed E-state index contributed by atoms with van der Waals surface area (Å²) in [7, 11) is 0. The lowest BCUT2D eigenvalue weighted by molar-refractivity contribution is 0.0752. The first-order valence-electron chi connectivity index (χ1n) is 9.69. The van der Waals surface area contributed by atoms with Gasteiger partial charge in [-0.15, -0.1) is 0 Å². The van der Waals surface area contributed by atoms with Crippen LogP contribution in [-0.4, -0.2) is 61.3 Å². The van der Waals surface area contributed by atoms with Gasteiger partial charge in [0.25, 0.3) is 5.91 Å². The molecule has 0 saturated carbocycles. The number of pyridine rings is 1. The SMILES string of the molecule is CCN(CCF)C(=O)c1cn(CC)c2cc(N3CCNCC3)c(F)cc2c1=O. The number of amides is 1. The second kappa shape index (κ2) is 8.68. The van der Waals surface area contributed by atoms with E-state index in [9.17, 15) is 18.4 Å². The van der Waals surface area contributed by atoms with E-state index in [2.05, 4.69) is 5.32 Å². The Balaban J connectivity index is 2.14. The van der Waals surface area contributed by atoms with E-state index in [1.54, 1.807) is 17.6 Å².